The van der Waals surface area contributed by atoms with E-state index in [0.717, 1.165) is 17.0 Å². The lowest BCUT2D eigenvalue weighted by molar-refractivity contribution is -0.122. The van der Waals surface area contributed by atoms with Gasteiger partial charge >= 0.3 is 0 Å². The van der Waals surface area contributed by atoms with Gasteiger partial charge in [-0.15, -0.1) is 0 Å². The fraction of sp³-hybridized carbons (Fsp3) is 0.923. The number of nitrogens with two attached hydrogens (primary N) is 1. The quantitative estimate of drug-likeness (QED) is 0.0637. The van der Waals surface area contributed by atoms with Crippen LogP contribution in [-0.4, -0.2) is 144 Å². The van der Waals surface area contributed by atoms with Crippen molar-refractivity contribution in [3.63, 3.8) is 0 Å². The number of nitrogens with one attached hydrogen (secondary N) is 2. The highest BCUT2D eigenvalue weighted by atomic mass is 33.1. The molecule has 0 unspecified atom stereocenters. The summed E-state index contributed by atoms with van der Waals surface area (Å²) in [4.78, 5) is 23.5. The Hall–Kier alpha value is -1.08. The molecule has 0 radical (unpaired) electrons. The van der Waals surface area contributed by atoms with E-state index in [1.807, 2.05) is 0 Å². The zero-order valence-electron chi connectivity index (χ0n) is 25.1. The molecule has 0 heterocycles. The van der Waals surface area contributed by atoms with Gasteiger partial charge in [-0.25, -0.2) is 8.42 Å². The van der Waals surface area contributed by atoms with Crippen LogP contribution in [0.15, 0.2) is 0 Å². The van der Waals surface area contributed by atoms with Gasteiger partial charge in [-0.2, -0.15) is 0 Å². The lowest BCUT2D eigenvalue weighted by Gasteiger charge is -2.09. The highest BCUT2D eigenvalue weighted by Crippen LogP contribution is 2.11. The van der Waals surface area contributed by atoms with Crippen LogP contribution >= 0.6 is 10.8 Å². The van der Waals surface area contributed by atoms with E-state index in [-0.39, 0.29) is 11.8 Å². The smallest absolute Gasteiger partial charge is 0.222 e. The van der Waals surface area contributed by atoms with Gasteiger partial charge < -0.3 is 49.5 Å². The number of carbonyl (C=O) groups excluding carboxylic acids is 2. The Bertz CT molecular complexity index is 734. The van der Waals surface area contributed by atoms with E-state index in [2.05, 4.69) is 10.6 Å². The minimum Gasteiger partial charge on any atom is -0.379 e. The Kier molecular flexibility index (Phi) is 30.5. The average molecular weight is 648 g/mol. The second-order valence-corrected chi connectivity index (χ2v) is 13.4. The lowest BCUT2D eigenvalue weighted by atomic mass is 10.3. The van der Waals surface area contributed by atoms with Crippen molar-refractivity contribution in [2.24, 2.45) is 5.73 Å². The van der Waals surface area contributed by atoms with Crippen molar-refractivity contribution in [3.05, 3.63) is 0 Å². The molecule has 16 heteroatoms. The Balaban J connectivity index is 3.23. The summed E-state index contributed by atoms with van der Waals surface area (Å²) in [6, 6.07) is 0. The Morgan fingerprint density at radius 1 is 0.571 bits per heavy atom. The molecule has 4 N–H and O–H groups in total. The topological polar surface area (TPSA) is 183 Å². The SMILES string of the molecule is CS(=O)(=O)SCCCC(=O)NCCCOCCOCCOCCCNC(=O)CCOCCOCCOCCOCCN. The molecule has 0 saturated heterocycles. The Labute approximate surface area is 255 Å². The standard InChI is InChI=1S/C26H53N3O11S2/c1-42(32,33)41-24-2-5-25(30)28-8-3-10-34-14-18-38-19-15-35-11-4-9-29-26(31)6-12-36-16-20-39-22-23-40-21-17-37-13-7-27/h2-24,27H2,1H3,(H,28,30)(H,29,31). The first-order valence-corrected chi connectivity index (χ1v) is 17.9. The van der Waals surface area contributed by atoms with Crippen LogP contribution in [0.3, 0.4) is 0 Å². The molecule has 250 valence electrons. The first kappa shape index (κ1) is 40.9. The highest BCUT2D eigenvalue weighted by molar-refractivity contribution is 8.71. The summed E-state index contributed by atoms with van der Waals surface area (Å²) in [5.74, 6) is 0.268. The van der Waals surface area contributed by atoms with Gasteiger partial charge in [0.25, 0.3) is 0 Å². The van der Waals surface area contributed by atoms with Crippen molar-refractivity contribution in [1.82, 2.24) is 10.6 Å². The van der Waals surface area contributed by atoms with Gasteiger partial charge in [-0.3, -0.25) is 9.59 Å². The van der Waals surface area contributed by atoms with Gasteiger partial charge in [0, 0.05) is 57.7 Å². The summed E-state index contributed by atoms with van der Waals surface area (Å²) in [6.07, 6.45) is 3.69. The number of amides is 2. The number of hydrogen-bond donors (Lipinski definition) is 3. The predicted molar refractivity (Wildman–Crippen MR) is 161 cm³/mol. The summed E-state index contributed by atoms with van der Waals surface area (Å²) in [7, 11) is -2.19. The fourth-order valence-electron chi connectivity index (χ4n) is 2.98. The van der Waals surface area contributed by atoms with Crippen LogP contribution in [0.25, 0.3) is 0 Å². The van der Waals surface area contributed by atoms with Crippen LogP contribution in [0.4, 0.5) is 0 Å². The van der Waals surface area contributed by atoms with E-state index in [4.69, 9.17) is 38.9 Å². The molecule has 2 amide bonds. The predicted octanol–water partition coefficient (Wildman–Crippen LogP) is -0.0630. The third kappa shape index (κ3) is 35.1. The van der Waals surface area contributed by atoms with E-state index >= 15 is 0 Å². The van der Waals surface area contributed by atoms with Crippen molar-refractivity contribution < 1.29 is 51.2 Å². The largest absolute Gasteiger partial charge is 0.379 e. The zero-order chi connectivity index (χ0) is 31.0. The Morgan fingerprint density at radius 2 is 0.952 bits per heavy atom. The summed E-state index contributed by atoms with van der Waals surface area (Å²) in [6.45, 7) is 8.20. The van der Waals surface area contributed by atoms with E-state index in [0.29, 0.717) is 150 Å². The molecule has 0 spiro atoms. The van der Waals surface area contributed by atoms with Gasteiger partial charge in [0.15, 0.2) is 8.87 Å². The maximum Gasteiger partial charge on any atom is 0.222 e. The van der Waals surface area contributed by atoms with Crippen LogP contribution < -0.4 is 16.4 Å². The van der Waals surface area contributed by atoms with Gasteiger partial charge in [-0.05, 0) is 30.1 Å². The monoisotopic (exact) mass is 647 g/mol. The fourth-order valence-corrected chi connectivity index (χ4v) is 4.80. The van der Waals surface area contributed by atoms with Crippen molar-refractivity contribution in [1.29, 1.82) is 0 Å². The number of carbonyl (C=O) groups is 2. The number of rotatable bonds is 33. The normalized spacial score (nSPS) is 11.6. The van der Waals surface area contributed by atoms with Gasteiger partial charge in [0.1, 0.15) is 0 Å². The third-order valence-corrected chi connectivity index (χ3v) is 7.68. The van der Waals surface area contributed by atoms with Crippen LogP contribution in [0, 0.1) is 0 Å². The van der Waals surface area contributed by atoms with Gasteiger partial charge in [0.05, 0.1) is 79.3 Å². The summed E-state index contributed by atoms with van der Waals surface area (Å²) in [5, 5.41) is 5.62. The first-order valence-electron chi connectivity index (χ1n) is 14.5. The molecule has 0 rings (SSSR count). The highest BCUT2D eigenvalue weighted by Gasteiger charge is 2.05. The first-order chi connectivity index (χ1) is 20.3. The van der Waals surface area contributed by atoms with Crippen molar-refractivity contribution >= 4 is 31.5 Å². The summed E-state index contributed by atoms with van der Waals surface area (Å²) >= 11 is 0. The molecular weight excluding hydrogens is 594 g/mol. The number of ether oxygens (including phenoxy) is 7. The zero-order valence-corrected chi connectivity index (χ0v) is 26.8. The second kappa shape index (κ2) is 31.3. The molecule has 0 bridgehead atoms. The molecule has 0 atom stereocenters. The molecule has 14 nitrogen and oxygen atoms in total. The lowest BCUT2D eigenvalue weighted by Crippen LogP contribution is -2.26. The minimum absolute atomic E-state index is 0.0620. The van der Waals surface area contributed by atoms with Crippen molar-refractivity contribution in [2.45, 2.75) is 32.1 Å². The van der Waals surface area contributed by atoms with Crippen molar-refractivity contribution in [3.8, 4) is 0 Å². The average Bonchev–Trinajstić information content (AvgIpc) is 2.95. The van der Waals surface area contributed by atoms with E-state index in [1.165, 1.54) is 0 Å². The molecule has 0 aliphatic rings. The number of hydrogen-bond acceptors (Lipinski definition) is 13. The van der Waals surface area contributed by atoms with E-state index in [9.17, 15) is 18.0 Å². The molecule has 0 aromatic heterocycles. The summed E-state index contributed by atoms with van der Waals surface area (Å²) in [5.41, 5.74) is 5.32. The van der Waals surface area contributed by atoms with Crippen LogP contribution in [0.5, 0.6) is 0 Å². The molecular formula is C26H53N3O11S2. The molecule has 0 fully saturated rings. The summed E-state index contributed by atoms with van der Waals surface area (Å²) < 4.78 is 59.7. The van der Waals surface area contributed by atoms with Crippen LogP contribution in [0.1, 0.15) is 32.1 Å². The maximum atomic E-state index is 11.8. The van der Waals surface area contributed by atoms with Crippen molar-refractivity contribution in [2.75, 3.05) is 124 Å². The molecule has 0 aliphatic carbocycles. The van der Waals surface area contributed by atoms with Crippen LogP contribution in [-0.2, 0) is 51.6 Å². The molecule has 0 saturated carbocycles. The Morgan fingerprint density at radius 3 is 1.38 bits per heavy atom. The van der Waals surface area contributed by atoms with E-state index < -0.39 is 8.87 Å². The molecule has 42 heavy (non-hydrogen) atoms. The second-order valence-electron chi connectivity index (χ2n) is 8.86. The molecule has 0 aliphatic heterocycles. The van der Waals surface area contributed by atoms with Gasteiger partial charge in [-0.1, -0.05) is 0 Å². The molecule has 0 aromatic carbocycles. The maximum absolute atomic E-state index is 11.8. The molecule has 0 aromatic rings. The van der Waals surface area contributed by atoms with Gasteiger partial charge in [0.2, 0.25) is 11.8 Å². The van der Waals surface area contributed by atoms with E-state index in [1.54, 1.807) is 0 Å². The minimum atomic E-state index is -3.05. The third-order valence-electron chi connectivity index (χ3n) is 5.02. The van der Waals surface area contributed by atoms with Crippen LogP contribution in [0.2, 0.25) is 0 Å².